The summed E-state index contributed by atoms with van der Waals surface area (Å²) in [6.45, 7) is 3.01. The molecule has 20 nitrogen and oxygen atoms in total. The first kappa shape index (κ1) is 51.6. The average molecular weight is 928 g/mol. The Morgan fingerprint density at radius 3 is 2.06 bits per heavy atom. The lowest BCUT2D eigenvalue weighted by atomic mass is 9.84. The van der Waals surface area contributed by atoms with Crippen molar-refractivity contribution in [2.75, 3.05) is 73.6 Å². The van der Waals surface area contributed by atoms with E-state index in [2.05, 4.69) is 9.68 Å². The van der Waals surface area contributed by atoms with Crippen LogP contribution in [0.4, 0.5) is 9.59 Å². The molecule has 0 radical (unpaired) electrons. The van der Waals surface area contributed by atoms with Crippen LogP contribution in [-0.4, -0.2) is 141 Å². The van der Waals surface area contributed by atoms with E-state index in [0.717, 1.165) is 33.2 Å². The number of rotatable bonds is 28. The molecule has 0 saturated carbocycles. The monoisotopic (exact) mass is 927 g/mol. The van der Waals surface area contributed by atoms with E-state index in [-0.39, 0.29) is 65.6 Å². The number of amides is 1. The highest BCUT2D eigenvalue weighted by molar-refractivity contribution is 5.89. The maximum absolute atomic E-state index is 13.6. The number of likely N-dealkylation sites (tertiary alicyclic amines) is 1. The van der Waals surface area contributed by atoms with Crippen molar-refractivity contribution in [1.82, 2.24) is 15.7 Å². The maximum Gasteiger partial charge on any atom is 0.508 e. The van der Waals surface area contributed by atoms with Crippen molar-refractivity contribution in [3.05, 3.63) is 102 Å². The Morgan fingerprint density at radius 1 is 0.712 bits per heavy atom. The summed E-state index contributed by atoms with van der Waals surface area (Å²) >= 11 is 0. The minimum absolute atomic E-state index is 0.0617. The zero-order valence-electron chi connectivity index (χ0n) is 37.4. The highest BCUT2D eigenvalue weighted by Crippen LogP contribution is 2.36. The summed E-state index contributed by atoms with van der Waals surface area (Å²) in [6, 6.07) is 27.1. The summed E-state index contributed by atoms with van der Waals surface area (Å²) in [6.07, 6.45) is -2.32. The third-order valence-corrected chi connectivity index (χ3v) is 10.5. The lowest BCUT2D eigenvalue weighted by Gasteiger charge is -2.43. The maximum atomic E-state index is 13.6. The molecule has 20 heteroatoms. The van der Waals surface area contributed by atoms with Crippen LogP contribution in [-0.2, 0) is 51.3 Å². The van der Waals surface area contributed by atoms with Crippen molar-refractivity contribution in [1.29, 1.82) is 0 Å². The van der Waals surface area contributed by atoms with Crippen molar-refractivity contribution in [2.45, 2.75) is 70.1 Å². The summed E-state index contributed by atoms with van der Waals surface area (Å²) < 4.78 is 52.7. The second kappa shape index (κ2) is 28.0. The van der Waals surface area contributed by atoms with Gasteiger partial charge in [0.15, 0.2) is 0 Å². The fourth-order valence-corrected chi connectivity index (χ4v) is 7.25. The molecule has 1 heterocycles. The molecular formula is C46H61N3O17. The molecule has 4 unspecified atom stereocenters. The predicted molar refractivity (Wildman–Crippen MR) is 232 cm³/mol. The average Bonchev–Trinajstić information content (AvgIpc) is 3.32. The van der Waals surface area contributed by atoms with Crippen LogP contribution >= 0.6 is 0 Å². The molecule has 5 rings (SSSR count). The van der Waals surface area contributed by atoms with Gasteiger partial charge < -0.3 is 47.5 Å². The SMILES string of the molecule is CCC(COC1CN(C(=O)OCCCON(O)O)CC(OCc2cc(OC)c3ccccc3c2)C1c1ccc(OCCCOCc2ccccc2OC)cc1)OC(=O)OCCCON(O)O. The van der Waals surface area contributed by atoms with Gasteiger partial charge in [-0.25, -0.2) is 9.59 Å². The van der Waals surface area contributed by atoms with E-state index in [1.807, 2.05) is 91.9 Å². The Kier molecular flexibility index (Phi) is 21.9. The van der Waals surface area contributed by atoms with E-state index in [1.165, 1.54) is 4.90 Å². The van der Waals surface area contributed by atoms with Gasteiger partial charge in [-0.3, -0.25) is 30.5 Å². The summed E-state index contributed by atoms with van der Waals surface area (Å²) in [5.74, 6) is 1.65. The molecule has 66 heavy (non-hydrogen) atoms. The zero-order valence-corrected chi connectivity index (χ0v) is 37.4. The van der Waals surface area contributed by atoms with Crippen molar-refractivity contribution in [3.8, 4) is 17.2 Å². The molecule has 4 aromatic rings. The van der Waals surface area contributed by atoms with Gasteiger partial charge in [-0.1, -0.05) is 61.5 Å². The van der Waals surface area contributed by atoms with Gasteiger partial charge in [0.05, 0.1) is 110 Å². The molecular weight excluding hydrogens is 867 g/mol. The third kappa shape index (κ3) is 16.8. The first-order valence-electron chi connectivity index (χ1n) is 21.7. The first-order chi connectivity index (χ1) is 32.1. The zero-order chi connectivity index (χ0) is 47.1. The van der Waals surface area contributed by atoms with E-state index in [4.69, 9.17) is 63.5 Å². The molecule has 0 aliphatic carbocycles. The quantitative estimate of drug-likeness (QED) is 0.0253. The number of carbonyl (C=O) groups excluding carboxylic acids is 2. The number of carbonyl (C=O) groups is 2. The summed E-state index contributed by atoms with van der Waals surface area (Å²) in [7, 11) is 3.24. The lowest BCUT2D eigenvalue weighted by molar-refractivity contribution is -0.493. The van der Waals surface area contributed by atoms with Gasteiger partial charge in [0.1, 0.15) is 23.4 Å². The standard InChI is InChI=1S/C46H61N3O17/c1-4-37(66-46(51)61-23-11-25-65-49(54)55)32-63-43-29-47(45(50)60-22-10-24-64-48(52)53)28-42(62-30-33-26-35-12-5-7-14-39(35)41(27-33)57-3)44(43)34-16-18-38(19-17-34)59-21-9-20-58-31-36-13-6-8-15-40(36)56-2/h5-8,12-19,26-27,37,42-44,52-55H,4,9-11,20-25,28-32H2,1-3H3. The highest BCUT2D eigenvalue weighted by atomic mass is 17.1. The van der Waals surface area contributed by atoms with E-state index < -0.39 is 47.3 Å². The van der Waals surface area contributed by atoms with Crippen LogP contribution in [0.15, 0.2) is 84.9 Å². The molecule has 1 fully saturated rings. The number of nitrogens with zero attached hydrogens (tertiary/aromatic N) is 3. The summed E-state index contributed by atoms with van der Waals surface area (Å²) in [5.41, 5.74) is 2.65. The smallest absolute Gasteiger partial charge is 0.496 e. The number of hydrogen-bond acceptors (Lipinski definition) is 19. The van der Waals surface area contributed by atoms with E-state index in [1.54, 1.807) is 14.2 Å². The molecule has 1 aliphatic heterocycles. The number of fused-ring (bicyclic) bond motifs is 1. The van der Waals surface area contributed by atoms with Crippen LogP contribution in [0.5, 0.6) is 17.2 Å². The molecule has 1 aliphatic rings. The van der Waals surface area contributed by atoms with Crippen molar-refractivity contribution >= 4 is 23.0 Å². The Bertz CT molecular complexity index is 2040. The largest absolute Gasteiger partial charge is 0.508 e. The minimum Gasteiger partial charge on any atom is -0.496 e. The van der Waals surface area contributed by atoms with Crippen molar-refractivity contribution < 1.29 is 82.7 Å². The van der Waals surface area contributed by atoms with Gasteiger partial charge in [0, 0.05) is 36.1 Å². The minimum atomic E-state index is -0.944. The van der Waals surface area contributed by atoms with Gasteiger partial charge >= 0.3 is 12.2 Å². The number of hydrogen-bond donors (Lipinski definition) is 4. The van der Waals surface area contributed by atoms with E-state index in [0.29, 0.717) is 44.2 Å². The van der Waals surface area contributed by atoms with Gasteiger partial charge in [-0.15, -0.1) is 0 Å². The van der Waals surface area contributed by atoms with E-state index in [9.17, 15) is 9.59 Å². The second-order valence-corrected chi connectivity index (χ2v) is 15.0. The summed E-state index contributed by atoms with van der Waals surface area (Å²) in [4.78, 5) is 36.8. The van der Waals surface area contributed by atoms with Crippen LogP contribution in [0, 0.1) is 0 Å². The number of piperidine rings is 1. The first-order valence-corrected chi connectivity index (χ1v) is 21.7. The Hall–Kier alpha value is -5.36. The molecule has 0 bridgehead atoms. The molecule has 362 valence electrons. The van der Waals surface area contributed by atoms with Crippen molar-refractivity contribution in [3.63, 3.8) is 0 Å². The van der Waals surface area contributed by atoms with Gasteiger partial charge in [-0.05, 0) is 53.3 Å². The topological polar surface area (TPSA) is 226 Å². The second-order valence-electron chi connectivity index (χ2n) is 15.0. The number of benzene rings is 4. The molecule has 0 aromatic heterocycles. The van der Waals surface area contributed by atoms with Gasteiger partial charge in [0.25, 0.3) is 0 Å². The summed E-state index contributed by atoms with van der Waals surface area (Å²) in [5, 5.41) is 36.2. The van der Waals surface area contributed by atoms with Crippen LogP contribution in [0.1, 0.15) is 55.2 Å². The third-order valence-electron chi connectivity index (χ3n) is 10.5. The Labute approximate surface area is 383 Å². The molecule has 0 spiro atoms. The fourth-order valence-electron chi connectivity index (χ4n) is 7.25. The van der Waals surface area contributed by atoms with Gasteiger partial charge in [0.2, 0.25) is 0 Å². The van der Waals surface area contributed by atoms with Crippen molar-refractivity contribution in [2.24, 2.45) is 0 Å². The number of methoxy groups -OCH3 is 2. The van der Waals surface area contributed by atoms with Crippen LogP contribution in [0.25, 0.3) is 10.8 Å². The molecule has 1 saturated heterocycles. The van der Waals surface area contributed by atoms with E-state index >= 15 is 0 Å². The molecule has 4 aromatic carbocycles. The molecule has 1 amide bonds. The number of ether oxygens (including phenoxy) is 9. The van der Waals surface area contributed by atoms with Gasteiger partial charge in [-0.2, -0.15) is 0 Å². The van der Waals surface area contributed by atoms with Crippen LogP contribution in [0.3, 0.4) is 0 Å². The Balaban J connectivity index is 1.33. The molecule has 4 N–H and O–H groups in total. The lowest BCUT2D eigenvalue weighted by Crippen LogP contribution is -2.55. The molecule has 4 atom stereocenters. The van der Waals surface area contributed by atoms with Crippen LogP contribution in [0.2, 0.25) is 0 Å². The van der Waals surface area contributed by atoms with Crippen LogP contribution < -0.4 is 14.2 Å². The number of para-hydroxylation sites is 1. The Morgan fingerprint density at radius 2 is 1.36 bits per heavy atom. The normalized spacial score (nSPS) is 16.6. The fraction of sp³-hybridized carbons (Fsp3) is 0.478. The predicted octanol–water partition coefficient (Wildman–Crippen LogP) is 7.09. The highest BCUT2D eigenvalue weighted by Gasteiger charge is 2.42.